The van der Waals surface area contributed by atoms with Crippen LogP contribution < -0.4 is 5.32 Å². The van der Waals surface area contributed by atoms with E-state index >= 15 is 0 Å². The van der Waals surface area contributed by atoms with E-state index < -0.39 is 0 Å². The minimum Gasteiger partial charge on any atom is -0.467 e. The summed E-state index contributed by atoms with van der Waals surface area (Å²) in [7, 11) is 0. The summed E-state index contributed by atoms with van der Waals surface area (Å²) in [4.78, 5) is 18.5. The summed E-state index contributed by atoms with van der Waals surface area (Å²) in [6.45, 7) is 0.335. The van der Waals surface area contributed by atoms with Crippen LogP contribution in [0.1, 0.15) is 16.1 Å². The van der Waals surface area contributed by atoms with Crippen LogP contribution in [0, 0.1) is 0 Å². The van der Waals surface area contributed by atoms with Crippen LogP contribution in [0.3, 0.4) is 0 Å². The molecule has 134 valence electrons. The Hall–Kier alpha value is -2.76. The number of halogens is 1. The van der Waals surface area contributed by atoms with E-state index in [1.54, 1.807) is 12.3 Å². The molecule has 0 unspecified atom stereocenters. The molecule has 0 aliphatic heterocycles. The number of carbonyl (C=O) groups excluding carboxylic acids is 1. The molecular formula is C21H15ClN2O2S. The molecule has 0 saturated carbocycles. The van der Waals surface area contributed by atoms with E-state index in [2.05, 4.69) is 10.3 Å². The van der Waals surface area contributed by atoms with Gasteiger partial charge in [-0.1, -0.05) is 41.6 Å². The third-order valence-electron chi connectivity index (χ3n) is 3.98. The van der Waals surface area contributed by atoms with Crippen molar-refractivity contribution in [2.45, 2.75) is 16.5 Å². The molecule has 1 N–H and O–H groups in total. The number of furan rings is 1. The van der Waals surface area contributed by atoms with E-state index in [4.69, 9.17) is 16.0 Å². The van der Waals surface area contributed by atoms with Crippen LogP contribution in [-0.2, 0) is 6.54 Å². The van der Waals surface area contributed by atoms with E-state index in [9.17, 15) is 4.79 Å². The first kappa shape index (κ1) is 17.6. The molecule has 1 amide bonds. The normalized spacial score (nSPS) is 10.9. The summed E-state index contributed by atoms with van der Waals surface area (Å²) in [6, 6.07) is 20.6. The van der Waals surface area contributed by atoms with Crippen LogP contribution in [0.5, 0.6) is 0 Å². The number of carbonyl (C=O) groups is 1. The third-order valence-corrected chi connectivity index (χ3v) is 5.15. The number of aromatic nitrogens is 1. The second-order valence-electron chi connectivity index (χ2n) is 5.84. The number of fused-ring (bicyclic) bond motifs is 1. The number of nitrogens with one attached hydrogen (secondary N) is 1. The number of nitrogens with zero attached hydrogens (tertiary/aromatic N) is 1. The SMILES string of the molecule is O=C(NCc1ccco1)c1cc(Sc2ccc(Cl)cc2)nc2ccccc12. The minimum absolute atomic E-state index is 0.164. The van der Waals surface area contributed by atoms with E-state index in [1.165, 1.54) is 11.8 Å². The van der Waals surface area contributed by atoms with Crippen LogP contribution in [0.25, 0.3) is 10.9 Å². The molecule has 0 aliphatic carbocycles. The fraction of sp³-hybridized carbons (Fsp3) is 0.0476. The third kappa shape index (κ3) is 4.15. The number of hydrogen-bond acceptors (Lipinski definition) is 4. The van der Waals surface area contributed by atoms with Crippen molar-refractivity contribution >= 4 is 40.2 Å². The molecule has 6 heteroatoms. The molecule has 2 aromatic carbocycles. The Bertz CT molecular complexity index is 1080. The molecule has 4 aromatic rings. The van der Waals surface area contributed by atoms with Gasteiger partial charge in [0, 0.05) is 15.3 Å². The van der Waals surface area contributed by atoms with Crippen molar-refractivity contribution in [2.24, 2.45) is 0 Å². The molecule has 27 heavy (non-hydrogen) atoms. The van der Waals surface area contributed by atoms with Crippen LogP contribution >= 0.6 is 23.4 Å². The Morgan fingerprint density at radius 1 is 1.07 bits per heavy atom. The minimum atomic E-state index is -0.164. The zero-order valence-electron chi connectivity index (χ0n) is 14.2. The molecule has 0 bridgehead atoms. The zero-order chi connectivity index (χ0) is 18.6. The van der Waals surface area contributed by atoms with Gasteiger partial charge in [-0.3, -0.25) is 4.79 Å². The summed E-state index contributed by atoms with van der Waals surface area (Å²) in [5, 5.41) is 5.15. The summed E-state index contributed by atoms with van der Waals surface area (Å²) >= 11 is 7.44. The maximum atomic E-state index is 12.8. The summed E-state index contributed by atoms with van der Waals surface area (Å²) in [5.41, 5.74) is 1.36. The molecular weight excluding hydrogens is 380 g/mol. The molecule has 0 radical (unpaired) electrons. The maximum absolute atomic E-state index is 12.8. The largest absolute Gasteiger partial charge is 0.467 e. The highest BCUT2D eigenvalue weighted by atomic mass is 35.5. The summed E-state index contributed by atoms with van der Waals surface area (Å²) < 4.78 is 5.28. The van der Waals surface area contributed by atoms with Crippen LogP contribution in [0.4, 0.5) is 0 Å². The van der Waals surface area contributed by atoms with E-state index in [0.29, 0.717) is 22.9 Å². The topological polar surface area (TPSA) is 55.1 Å². The molecule has 0 spiro atoms. The number of pyridine rings is 1. The lowest BCUT2D eigenvalue weighted by atomic mass is 10.1. The van der Waals surface area contributed by atoms with E-state index in [0.717, 1.165) is 20.8 Å². The first-order chi connectivity index (χ1) is 13.2. The van der Waals surface area contributed by atoms with E-state index in [-0.39, 0.29) is 5.91 Å². The number of para-hydroxylation sites is 1. The quantitative estimate of drug-likeness (QED) is 0.481. The smallest absolute Gasteiger partial charge is 0.252 e. The lowest BCUT2D eigenvalue weighted by Crippen LogP contribution is -2.23. The Labute approximate surface area is 165 Å². The van der Waals surface area contributed by atoms with Gasteiger partial charge in [0.25, 0.3) is 5.91 Å². The van der Waals surface area contributed by atoms with E-state index in [1.807, 2.05) is 60.7 Å². The molecule has 0 aliphatic rings. The van der Waals surface area contributed by atoms with Crippen molar-refractivity contribution < 1.29 is 9.21 Å². The fourth-order valence-electron chi connectivity index (χ4n) is 2.69. The zero-order valence-corrected chi connectivity index (χ0v) is 15.8. The average molecular weight is 395 g/mol. The highest BCUT2D eigenvalue weighted by Gasteiger charge is 2.14. The second-order valence-corrected chi connectivity index (χ2v) is 7.37. The van der Waals surface area contributed by atoms with Gasteiger partial charge in [0.1, 0.15) is 10.8 Å². The van der Waals surface area contributed by atoms with Gasteiger partial charge in [-0.15, -0.1) is 0 Å². The second kappa shape index (κ2) is 7.86. The van der Waals surface area contributed by atoms with Crippen molar-refractivity contribution in [3.63, 3.8) is 0 Å². The number of benzene rings is 2. The highest BCUT2D eigenvalue weighted by Crippen LogP contribution is 2.30. The molecule has 0 fully saturated rings. The van der Waals surface area contributed by atoms with Crippen molar-refractivity contribution in [2.75, 3.05) is 0 Å². The molecule has 4 rings (SSSR count). The van der Waals surface area contributed by atoms with Gasteiger partial charge in [0.05, 0.1) is 23.9 Å². The lowest BCUT2D eigenvalue weighted by molar-refractivity contribution is 0.0949. The molecule has 2 aromatic heterocycles. The van der Waals surface area contributed by atoms with Gasteiger partial charge in [-0.05, 0) is 48.5 Å². The van der Waals surface area contributed by atoms with Crippen LogP contribution in [0.2, 0.25) is 5.02 Å². The van der Waals surface area contributed by atoms with Crippen molar-refractivity contribution in [1.82, 2.24) is 10.3 Å². The van der Waals surface area contributed by atoms with Gasteiger partial charge in [-0.2, -0.15) is 0 Å². The van der Waals surface area contributed by atoms with Crippen LogP contribution in [-0.4, -0.2) is 10.9 Å². The predicted octanol–water partition coefficient (Wildman–Crippen LogP) is 5.56. The highest BCUT2D eigenvalue weighted by molar-refractivity contribution is 7.99. The molecule has 2 heterocycles. The predicted molar refractivity (Wildman–Crippen MR) is 107 cm³/mol. The number of rotatable bonds is 5. The van der Waals surface area contributed by atoms with Crippen molar-refractivity contribution in [1.29, 1.82) is 0 Å². The van der Waals surface area contributed by atoms with Crippen molar-refractivity contribution in [3.8, 4) is 0 Å². The molecule has 4 nitrogen and oxygen atoms in total. The monoisotopic (exact) mass is 394 g/mol. The standard InChI is InChI=1S/C21H15ClN2O2S/c22-14-7-9-16(10-8-14)27-20-12-18(17-5-1-2-6-19(17)24-20)21(25)23-13-15-4-3-11-26-15/h1-12H,13H2,(H,23,25). The van der Waals surface area contributed by atoms with Gasteiger partial charge in [0.2, 0.25) is 0 Å². The summed E-state index contributed by atoms with van der Waals surface area (Å²) in [5.74, 6) is 0.542. The molecule has 0 saturated heterocycles. The van der Waals surface area contributed by atoms with Gasteiger partial charge >= 0.3 is 0 Å². The lowest BCUT2D eigenvalue weighted by Gasteiger charge is -2.10. The van der Waals surface area contributed by atoms with Crippen LogP contribution in [0.15, 0.2) is 87.3 Å². The Morgan fingerprint density at radius 2 is 1.89 bits per heavy atom. The Balaban J connectivity index is 1.65. The maximum Gasteiger partial charge on any atom is 0.252 e. The molecule has 0 atom stereocenters. The van der Waals surface area contributed by atoms with Gasteiger partial charge in [-0.25, -0.2) is 4.98 Å². The number of amides is 1. The van der Waals surface area contributed by atoms with Gasteiger partial charge < -0.3 is 9.73 Å². The Kier molecular flexibility index (Phi) is 5.14. The number of hydrogen-bond donors (Lipinski definition) is 1. The fourth-order valence-corrected chi connectivity index (χ4v) is 3.65. The summed E-state index contributed by atoms with van der Waals surface area (Å²) in [6.07, 6.45) is 1.59. The first-order valence-electron chi connectivity index (χ1n) is 8.33. The van der Waals surface area contributed by atoms with Gasteiger partial charge in [0.15, 0.2) is 0 Å². The first-order valence-corrected chi connectivity index (χ1v) is 9.52. The average Bonchev–Trinajstić information content (AvgIpc) is 3.21. The van der Waals surface area contributed by atoms with Crippen molar-refractivity contribution in [3.05, 3.63) is 89.3 Å². The Morgan fingerprint density at radius 3 is 2.67 bits per heavy atom.